The first-order valence-electron chi connectivity index (χ1n) is 10.4. The average molecular weight is 422 g/mol. The predicted molar refractivity (Wildman–Crippen MR) is 110 cm³/mol. The van der Waals surface area contributed by atoms with Gasteiger partial charge in [0.1, 0.15) is 12.4 Å². The summed E-state index contributed by atoms with van der Waals surface area (Å²) in [6.45, 7) is 2.44. The first kappa shape index (κ1) is 23.8. The molecule has 0 aliphatic carbocycles. The van der Waals surface area contributed by atoms with Crippen molar-refractivity contribution in [1.82, 2.24) is 0 Å². The molecule has 0 amide bonds. The van der Waals surface area contributed by atoms with E-state index in [-0.39, 0.29) is 12.8 Å². The number of aryl methyl sites for hydroxylation is 1. The molecule has 2 aromatic carbocycles. The van der Waals surface area contributed by atoms with E-state index in [9.17, 15) is 18.0 Å². The highest BCUT2D eigenvalue weighted by Gasteiger charge is 2.42. The van der Waals surface area contributed by atoms with Crippen molar-refractivity contribution >= 4 is 5.97 Å². The highest BCUT2D eigenvalue weighted by Crippen LogP contribution is 2.27. The molecular weight excluding hydrogens is 393 g/mol. The zero-order valence-electron chi connectivity index (χ0n) is 17.3. The largest absolute Gasteiger partial charge is 0.489 e. The van der Waals surface area contributed by atoms with Gasteiger partial charge >= 0.3 is 12.1 Å². The normalized spacial score (nSPS) is 12.4. The average Bonchev–Trinajstić information content (AvgIpc) is 2.73. The van der Waals surface area contributed by atoms with E-state index in [4.69, 9.17) is 9.47 Å². The quantitative estimate of drug-likeness (QED) is 0.284. The molecule has 1 atom stereocenters. The fraction of sp³-hybridized carbons (Fsp3) is 0.458. The van der Waals surface area contributed by atoms with Crippen LogP contribution < -0.4 is 4.74 Å². The van der Waals surface area contributed by atoms with Gasteiger partial charge in [-0.3, -0.25) is 4.79 Å². The molecule has 0 aliphatic rings. The van der Waals surface area contributed by atoms with Gasteiger partial charge in [-0.15, -0.1) is 0 Å². The molecule has 0 aliphatic heterocycles. The third kappa shape index (κ3) is 8.89. The number of hydrogen-bond donors (Lipinski definition) is 0. The molecule has 30 heavy (non-hydrogen) atoms. The summed E-state index contributed by atoms with van der Waals surface area (Å²) in [7, 11) is 0. The number of benzene rings is 2. The van der Waals surface area contributed by atoms with Crippen LogP contribution in [0.25, 0.3) is 0 Å². The molecule has 0 fully saturated rings. The van der Waals surface area contributed by atoms with Crippen LogP contribution in [0, 0.1) is 0 Å². The van der Waals surface area contributed by atoms with Crippen molar-refractivity contribution in [1.29, 1.82) is 0 Å². The van der Waals surface area contributed by atoms with Gasteiger partial charge in [-0.2, -0.15) is 13.2 Å². The number of carbonyl (C=O) groups excluding carboxylic acids is 1. The Morgan fingerprint density at radius 2 is 1.63 bits per heavy atom. The van der Waals surface area contributed by atoms with Crippen molar-refractivity contribution in [3.05, 3.63) is 65.7 Å². The SMILES string of the molecule is CCCCCC[C@@H](OC(=O)CCc1ccc(OCc2ccccc2)cc1)C(F)(F)F. The molecule has 164 valence electrons. The molecule has 0 aromatic heterocycles. The molecule has 3 nitrogen and oxygen atoms in total. The second-order valence-electron chi connectivity index (χ2n) is 7.29. The summed E-state index contributed by atoms with van der Waals surface area (Å²) >= 11 is 0. The minimum Gasteiger partial charge on any atom is -0.489 e. The van der Waals surface area contributed by atoms with E-state index in [1.54, 1.807) is 24.3 Å². The molecule has 0 spiro atoms. The Bertz CT molecular complexity index is 743. The summed E-state index contributed by atoms with van der Waals surface area (Å²) in [5, 5.41) is 0. The van der Waals surface area contributed by atoms with Gasteiger partial charge in [-0.05, 0) is 42.5 Å². The van der Waals surface area contributed by atoms with Crippen LogP contribution >= 0.6 is 0 Å². The number of ether oxygens (including phenoxy) is 2. The maximum absolute atomic E-state index is 13.1. The molecule has 6 heteroatoms. The first-order chi connectivity index (χ1) is 14.4. The third-order valence-corrected chi connectivity index (χ3v) is 4.75. The molecule has 0 radical (unpaired) electrons. The molecule has 0 saturated heterocycles. The number of halogens is 3. The van der Waals surface area contributed by atoms with Crippen molar-refractivity contribution in [2.24, 2.45) is 0 Å². The van der Waals surface area contributed by atoms with Crippen molar-refractivity contribution in [3.8, 4) is 5.75 Å². The first-order valence-corrected chi connectivity index (χ1v) is 10.4. The van der Waals surface area contributed by atoms with Gasteiger partial charge in [0.25, 0.3) is 0 Å². The zero-order chi connectivity index (χ0) is 21.8. The van der Waals surface area contributed by atoms with E-state index in [0.717, 1.165) is 24.0 Å². The van der Waals surface area contributed by atoms with Gasteiger partial charge in [0.2, 0.25) is 0 Å². The number of alkyl halides is 3. The second kappa shape index (κ2) is 12.3. The fourth-order valence-corrected chi connectivity index (χ4v) is 3.00. The lowest BCUT2D eigenvalue weighted by molar-refractivity contribution is -0.222. The van der Waals surface area contributed by atoms with E-state index >= 15 is 0 Å². The van der Waals surface area contributed by atoms with Gasteiger partial charge in [0.15, 0.2) is 6.10 Å². The Morgan fingerprint density at radius 1 is 0.933 bits per heavy atom. The predicted octanol–water partition coefficient (Wildman–Crippen LogP) is 6.64. The topological polar surface area (TPSA) is 35.5 Å². The lowest BCUT2D eigenvalue weighted by Crippen LogP contribution is -2.34. The van der Waals surface area contributed by atoms with E-state index in [0.29, 0.717) is 31.6 Å². The lowest BCUT2D eigenvalue weighted by atomic mass is 10.1. The summed E-state index contributed by atoms with van der Waals surface area (Å²) in [5.41, 5.74) is 1.89. The van der Waals surface area contributed by atoms with E-state index in [1.165, 1.54) is 0 Å². The molecular formula is C24H29F3O3. The van der Waals surface area contributed by atoms with E-state index in [1.807, 2.05) is 37.3 Å². The van der Waals surface area contributed by atoms with Gasteiger partial charge < -0.3 is 9.47 Å². The standard InChI is InChI=1S/C24H29F3O3/c1-2-3-4-8-11-22(24(25,26)27)30-23(28)17-14-19-12-15-21(16-13-19)29-18-20-9-6-5-7-10-20/h5-7,9-10,12-13,15-16,22H,2-4,8,11,14,17-18H2,1H3/t22-/m1/s1. The minimum absolute atomic E-state index is 0.0915. The fourth-order valence-electron chi connectivity index (χ4n) is 3.00. The van der Waals surface area contributed by atoms with Gasteiger partial charge in [0.05, 0.1) is 0 Å². The number of hydrogen-bond acceptors (Lipinski definition) is 3. The highest BCUT2D eigenvalue weighted by molar-refractivity contribution is 5.70. The molecule has 0 saturated carbocycles. The Labute approximate surface area is 176 Å². The van der Waals surface area contributed by atoms with Gasteiger partial charge in [-0.1, -0.05) is 68.7 Å². The summed E-state index contributed by atoms with van der Waals surface area (Å²) < 4.78 is 49.7. The van der Waals surface area contributed by atoms with Crippen molar-refractivity contribution < 1.29 is 27.4 Å². The van der Waals surface area contributed by atoms with Gasteiger partial charge in [0, 0.05) is 6.42 Å². The smallest absolute Gasteiger partial charge is 0.425 e. The van der Waals surface area contributed by atoms with Gasteiger partial charge in [-0.25, -0.2) is 0 Å². The maximum atomic E-state index is 13.1. The number of unbranched alkanes of at least 4 members (excludes halogenated alkanes) is 3. The molecule has 0 bridgehead atoms. The van der Waals surface area contributed by atoms with Crippen molar-refractivity contribution in [3.63, 3.8) is 0 Å². The second-order valence-corrected chi connectivity index (χ2v) is 7.29. The summed E-state index contributed by atoms with van der Waals surface area (Å²) in [5.74, 6) is -0.133. The molecule has 2 rings (SSSR count). The van der Waals surface area contributed by atoms with Crippen LogP contribution in [0.3, 0.4) is 0 Å². The van der Waals surface area contributed by atoms with Crippen LogP contribution in [-0.2, 0) is 22.6 Å². The van der Waals surface area contributed by atoms with Crippen LogP contribution in [0.15, 0.2) is 54.6 Å². The molecule has 2 aromatic rings. The zero-order valence-corrected chi connectivity index (χ0v) is 17.3. The molecule has 0 heterocycles. The van der Waals surface area contributed by atoms with Crippen molar-refractivity contribution in [2.45, 2.75) is 70.8 Å². The molecule has 0 unspecified atom stereocenters. The Kier molecular flexibility index (Phi) is 9.71. The van der Waals surface area contributed by atoms with E-state index < -0.39 is 18.2 Å². The number of rotatable bonds is 12. The third-order valence-electron chi connectivity index (χ3n) is 4.75. The van der Waals surface area contributed by atoms with E-state index in [2.05, 4.69) is 0 Å². The number of carbonyl (C=O) groups is 1. The summed E-state index contributed by atoms with van der Waals surface area (Å²) in [4.78, 5) is 11.9. The Hall–Kier alpha value is -2.50. The van der Waals surface area contributed by atoms with Crippen LogP contribution in [0.1, 0.15) is 56.6 Å². The Balaban J connectivity index is 1.77. The lowest BCUT2D eigenvalue weighted by Gasteiger charge is -2.20. The van der Waals surface area contributed by atoms with Crippen LogP contribution in [0.4, 0.5) is 13.2 Å². The molecule has 0 N–H and O–H groups in total. The number of esters is 1. The van der Waals surface area contributed by atoms with Crippen LogP contribution in [0.2, 0.25) is 0 Å². The van der Waals surface area contributed by atoms with Crippen LogP contribution in [0.5, 0.6) is 5.75 Å². The van der Waals surface area contributed by atoms with Crippen LogP contribution in [-0.4, -0.2) is 18.2 Å². The highest BCUT2D eigenvalue weighted by atomic mass is 19.4. The monoisotopic (exact) mass is 422 g/mol. The minimum atomic E-state index is -4.53. The summed E-state index contributed by atoms with van der Waals surface area (Å²) in [6, 6.07) is 16.9. The van der Waals surface area contributed by atoms with Crippen molar-refractivity contribution in [2.75, 3.05) is 0 Å². The Morgan fingerprint density at radius 3 is 2.27 bits per heavy atom. The maximum Gasteiger partial charge on any atom is 0.425 e. The summed E-state index contributed by atoms with van der Waals surface area (Å²) in [6.07, 6.45) is -3.58.